The first-order valence-electron chi connectivity index (χ1n) is 7.57. The molecule has 1 unspecified atom stereocenters. The Morgan fingerprint density at radius 3 is 2.95 bits per heavy atom. The fourth-order valence-electron chi connectivity index (χ4n) is 3.00. The van der Waals surface area contributed by atoms with Crippen LogP contribution in [0.15, 0.2) is 11.6 Å². The van der Waals surface area contributed by atoms with Crippen molar-refractivity contribution in [3.05, 3.63) is 11.6 Å². The topological polar surface area (TPSA) is 69.6 Å². The lowest BCUT2D eigenvalue weighted by Gasteiger charge is -2.18. The Bertz CT molecular complexity index is 393. The van der Waals surface area contributed by atoms with Gasteiger partial charge in [-0.2, -0.15) is 0 Å². The van der Waals surface area contributed by atoms with Gasteiger partial charge in [0.05, 0.1) is 0 Å². The number of carboxylic acids is 1. The molecule has 1 saturated heterocycles. The summed E-state index contributed by atoms with van der Waals surface area (Å²) in [5.41, 5.74) is 1.46. The third-order valence-corrected chi connectivity index (χ3v) is 4.14. The first kappa shape index (κ1) is 14.9. The minimum Gasteiger partial charge on any atom is -0.481 e. The first-order chi connectivity index (χ1) is 9.65. The smallest absolute Gasteiger partial charge is 0.317 e. The quantitative estimate of drug-likeness (QED) is 0.760. The third-order valence-electron chi connectivity index (χ3n) is 4.14. The molecule has 0 radical (unpaired) electrons. The number of carbonyl (C=O) groups is 2. The van der Waals surface area contributed by atoms with E-state index >= 15 is 0 Å². The summed E-state index contributed by atoms with van der Waals surface area (Å²) in [6.45, 7) is 1.93. The second kappa shape index (κ2) is 7.31. The largest absolute Gasteiger partial charge is 0.481 e. The second-order valence-electron chi connectivity index (χ2n) is 5.79. The number of carboxylic acid groups (broad SMARTS) is 1. The van der Waals surface area contributed by atoms with Crippen molar-refractivity contribution in [1.82, 2.24) is 10.2 Å². The number of likely N-dealkylation sites (tertiary alicyclic amines) is 1. The van der Waals surface area contributed by atoms with E-state index in [0.29, 0.717) is 19.6 Å². The first-order valence-corrected chi connectivity index (χ1v) is 7.57. The van der Waals surface area contributed by atoms with Crippen LogP contribution < -0.4 is 5.32 Å². The van der Waals surface area contributed by atoms with Crippen LogP contribution in [0, 0.1) is 5.92 Å². The van der Waals surface area contributed by atoms with Gasteiger partial charge in [-0.1, -0.05) is 11.6 Å². The summed E-state index contributed by atoms with van der Waals surface area (Å²) in [4.78, 5) is 24.4. The van der Waals surface area contributed by atoms with Gasteiger partial charge >= 0.3 is 12.0 Å². The van der Waals surface area contributed by atoms with E-state index in [-0.39, 0.29) is 18.4 Å². The minimum absolute atomic E-state index is 0.0469. The highest BCUT2D eigenvalue weighted by Gasteiger charge is 2.27. The van der Waals surface area contributed by atoms with Crippen LogP contribution in [0.25, 0.3) is 0 Å². The number of aliphatic carboxylic acids is 1. The highest BCUT2D eigenvalue weighted by Crippen LogP contribution is 2.20. The van der Waals surface area contributed by atoms with E-state index in [9.17, 15) is 9.59 Å². The number of amides is 2. The summed E-state index contributed by atoms with van der Waals surface area (Å²) < 4.78 is 0. The summed E-state index contributed by atoms with van der Waals surface area (Å²) in [6.07, 6.45) is 9.10. The Morgan fingerprint density at radius 1 is 1.40 bits per heavy atom. The van der Waals surface area contributed by atoms with Crippen LogP contribution in [-0.2, 0) is 4.79 Å². The van der Waals surface area contributed by atoms with Crippen molar-refractivity contribution >= 4 is 12.0 Å². The number of carbonyl (C=O) groups excluding carboxylic acids is 1. The Hall–Kier alpha value is -1.52. The molecule has 5 heteroatoms. The lowest BCUT2D eigenvalue weighted by atomic mass is 9.97. The summed E-state index contributed by atoms with van der Waals surface area (Å²) in [5, 5.41) is 11.7. The van der Waals surface area contributed by atoms with Gasteiger partial charge < -0.3 is 15.3 Å². The fourth-order valence-corrected chi connectivity index (χ4v) is 3.00. The van der Waals surface area contributed by atoms with Crippen LogP contribution in [0.5, 0.6) is 0 Å². The maximum absolute atomic E-state index is 12.0. The predicted molar refractivity (Wildman–Crippen MR) is 76.5 cm³/mol. The molecule has 112 valence electrons. The van der Waals surface area contributed by atoms with E-state index in [4.69, 9.17) is 5.11 Å². The van der Waals surface area contributed by atoms with Gasteiger partial charge in [0.1, 0.15) is 0 Å². The van der Waals surface area contributed by atoms with Crippen molar-refractivity contribution in [3.8, 4) is 0 Å². The number of hydrogen-bond donors (Lipinski definition) is 2. The monoisotopic (exact) mass is 280 g/mol. The Labute approximate surface area is 120 Å². The predicted octanol–water partition coefficient (Wildman–Crippen LogP) is 2.38. The summed E-state index contributed by atoms with van der Waals surface area (Å²) in [7, 11) is 0. The molecule has 2 amide bonds. The van der Waals surface area contributed by atoms with Crippen LogP contribution >= 0.6 is 0 Å². The maximum atomic E-state index is 12.0. The van der Waals surface area contributed by atoms with Crippen LogP contribution in [-0.4, -0.2) is 41.6 Å². The van der Waals surface area contributed by atoms with Gasteiger partial charge in [0.2, 0.25) is 0 Å². The lowest BCUT2D eigenvalue weighted by molar-refractivity contribution is -0.138. The molecule has 2 rings (SSSR count). The van der Waals surface area contributed by atoms with Crippen molar-refractivity contribution in [2.75, 3.05) is 19.6 Å². The van der Waals surface area contributed by atoms with E-state index < -0.39 is 5.97 Å². The molecule has 20 heavy (non-hydrogen) atoms. The van der Waals surface area contributed by atoms with Crippen LogP contribution in [0.3, 0.4) is 0 Å². The van der Waals surface area contributed by atoms with Crippen LogP contribution in [0.1, 0.15) is 44.9 Å². The molecule has 1 heterocycles. The van der Waals surface area contributed by atoms with Crippen LogP contribution in [0.4, 0.5) is 4.79 Å². The van der Waals surface area contributed by atoms with Gasteiger partial charge in [-0.3, -0.25) is 4.79 Å². The SMILES string of the molecule is O=C(O)CC1CCN(C(=O)NCCC2=CCCCC2)C1. The Morgan fingerprint density at radius 2 is 2.25 bits per heavy atom. The molecule has 1 aliphatic heterocycles. The van der Waals surface area contributed by atoms with Gasteiger partial charge in [0, 0.05) is 26.1 Å². The number of urea groups is 1. The molecular weight excluding hydrogens is 256 g/mol. The number of nitrogens with one attached hydrogen (secondary N) is 1. The number of rotatable bonds is 5. The zero-order chi connectivity index (χ0) is 14.4. The lowest BCUT2D eigenvalue weighted by Crippen LogP contribution is -2.39. The van der Waals surface area contributed by atoms with Gasteiger partial charge in [0.25, 0.3) is 0 Å². The van der Waals surface area contributed by atoms with Crippen molar-refractivity contribution in [2.45, 2.75) is 44.9 Å². The molecule has 1 atom stereocenters. The number of hydrogen-bond acceptors (Lipinski definition) is 2. The van der Waals surface area contributed by atoms with Crippen LogP contribution in [0.2, 0.25) is 0 Å². The van der Waals surface area contributed by atoms with E-state index in [1.165, 1.54) is 31.3 Å². The van der Waals surface area contributed by atoms with Crippen molar-refractivity contribution in [1.29, 1.82) is 0 Å². The van der Waals surface area contributed by atoms with Gasteiger partial charge in [-0.25, -0.2) is 4.79 Å². The Kier molecular flexibility index (Phi) is 5.44. The van der Waals surface area contributed by atoms with E-state index in [0.717, 1.165) is 12.8 Å². The molecule has 1 aliphatic carbocycles. The third kappa shape index (κ3) is 4.54. The average Bonchev–Trinajstić information content (AvgIpc) is 2.87. The normalized spacial score (nSPS) is 22.5. The number of allylic oxidation sites excluding steroid dienone is 1. The van der Waals surface area contributed by atoms with E-state index in [1.54, 1.807) is 4.90 Å². The molecule has 0 bridgehead atoms. The standard InChI is InChI=1S/C15H24N2O3/c18-14(19)10-13-7-9-17(11-13)15(20)16-8-6-12-4-2-1-3-5-12/h4,13H,1-3,5-11H2,(H,16,20)(H,18,19). The summed E-state index contributed by atoms with van der Waals surface area (Å²) in [6, 6.07) is -0.0469. The molecule has 1 fully saturated rings. The molecular formula is C15H24N2O3. The van der Waals surface area contributed by atoms with Crippen molar-refractivity contribution < 1.29 is 14.7 Å². The maximum Gasteiger partial charge on any atom is 0.317 e. The zero-order valence-corrected chi connectivity index (χ0v) is 11.9. The highest BCUT2D eigenvalue weighted by molar-refractivity contribution is 5.74. The van der Waals surface area contributed by atoms with Gasteiger partial charge in [0.15, 0.2) is 0 Å². The minimum atomic E-state index is -0.776. The second-order valence-corrected chi connectivity index (χ2v) is 5.79. The number of nitrogens with zero attached hydrogens (tertiary/aromatic N) is 1. The zero-order valence-electron chi connectivity index (χ0n) is 11.9. The molecule has 0 saturated carbocycles. The average molecular weight is 280 g/mol. The highest BCUT2D eigenvalue weighted by atomic mass is 16.4. The molecule has 2 aliphatic rings. The molecule has 0 aromatic heterocycles. The van der Waals surface area contributed by atoms with Crippen molar-refractivity contribution in [2.24, 2.45) is 5.92 Å². The summed E-state index contributed by atoms with van der Waals surface area (Å²) in [5.74, 6) is -0.666. The van der Waals surface area contributed by atoms with E-state index in [2.05, 4.69) is 11.4 Å². The van der Waals surface area contributed by atoms with Crippen molar-refractivity contribution in [3.63, 3.8) is 0 Å². The molecule has 5 nitrogen and oxygen atoms in total. The molecule has 2 N–H and O–H groups in total. The van der Waals surface area contributed by atoms with E-state index in [1.807, 2.05) is 0 Å². The van der Waals surface area contributed by atoms with Gasteiger partial charge in [-0.15, -0.1) is 0 Å². The molecule has 0 aromatic carbocycles. The van der Waals surface area contributed by atoms with Gasteiger partial charge in [-0.05, 0) is 44.4 Å². The molecule has 0 aromatic rings. The Balaban J connectivity index is 1.65. The molecule has 0 spiro atoms. The summed E-state index contributed by atoms with van der Waals surface area (Å²) >= 11 is 0. The fraction of sp³-hybridized carbons (Fsp3) is 0.733.